The van der Waals surface area contributed by atoms with Crippen LogP contribution < -0.4 is 4.72 Å². The van der Waals surface area contributed by atoms with Crippen molar-refractivity contribution in [3.05, 3.63) is 35.4 Å². The molecule has 2 rings (SSSR count). The summed E-state index contributed by atoms with van der Waals surface area (Å²) in [6.07, 6.45) is -4.36. The highest BCUT2D eigenvalue weighted by molar-refractivity contribution is 7.84. The molecule has 1 aliphatic heterocycles. The van der Waals surface area contributed by atoms with E-state index in [2.05, 4.69) is 4.72 Å². The Bertz CT molecular complexity index is 531. The summed E-state index contributed by atoms with van der Waals surface area (Å²) in [5.74, 6) is 0. The Hall–Kier alpha value is -0.920. The van der Waals surface area contributed by atoms with E-state index in [1.54, 1.807) is 0 Å². The molecular weight excluding hydrogens is 303 g/mol. The van der Waals surface area contributed by atoms with Gasteiger partial charge in [-0.3, -0.25) is 0 Å². The van der Waals surface area contributed by atoms with E-state index < -0.39 is 33.0 Å². The summed E-state index contributed by atoms with van der Waals surface area (Å²) >= 11 is 0. The maximum absolute atomic E-state index is 12.6. The van der Waals surface area contributed by atoms with Gasteiger partial charge in [0.1, 0.15) is 5.54 Å². The van der Waals surface area contributed by atoms with Gasteiger partial charge in [-0.1, -0.05) is 12.1 Å². The van der Waals surface area contributed by atoms with Crippen molar-refractivity contribution in [3.63, 3.8) is 0 Å². The summed E-state index contributed by atoms with van der Waals surface area (Å²) in [4.78, 5) is 0. The number of benzene rings is 1. The van der Waals surface area contributed by atoms with E-state index >= 15 is 0 Å². The van der Waals surface area contributed by atoms with Crippen LogP contribution in [0.1, 0.15) is 31.9 Å². The van der Waals surface area contributed by atoms with Gasteiger partial charge < -0.3 is 4.74 Å². The summed E-state index contributed by atoms with van der Waals surface area (Å²) in [7, 11) is -1.33. The van der Waals surface area contributed by atoms with E-state index in [4.69, 9.17) is 4.74 Å². The van der Waals surface area contributed by atoms with Gasteiger partial charge in [0, 0.05) is 0 Å². The number of halogens is 3. The summed E-state index contributed by atoms with van der Waals surface area (Å²) in [6, 6.07) is 4.91. The van der Waals surface area contributed by atoms with E-state index in [1.165, 1.54) is 12.1 Å². The van der Waals surface area contributed by atoms with Crippen molar-refractivity contribution in [2.75, 3.05) is 13.2 Å². The molecule has 1 N–H and O–H groups in total. The first-order valence-electron chi connectivity index (χ1n) is 6.50. The monoisotopic (exact) mass is 321 g/mol. The number of alkyl halides is 3. The number of rotatable bonds is 3. The Morgan fingerprint density at radius 3 is 2.00 bits per heavy atom. The van der Waals surface area contributed by atoms with Crippen LogP contribution in [0.15, 0.2) is 24.3 Å². The smallest absolute Gasteiger partial charge is 0.377 e. The van der Waals surface area contributed by atoms with Crippen molar-refractivity contribution in [1.29, 1.82) is 0 Å². The maximum Gasteiger partial charge on any atom is 0.416 e. The third-order valence-electron chi connectivity index (χ3n) is 3.31. The van der Waals surface area contributed by atoms with Gasteiger partial charge >= 0.3 is 6.18 Å². The van der Waals surface area contributed by atoms with Crippen LogP contribution in [0.4, 0.5) is 13.2 Å². The van der Waals surface area contributed by atoms with Crippen LogP contribution in [0.2, 0.25) is 0 Å². The molecule has 0 saturated carbocycles. The molecule has 3 nitrogen and oxygen atoms in total. The average molecular weight is 321 g/mol. The number of nitrogens with one attached hydrogen (secondary N) is 1. The normalized spacial score (nSPS) is 19.9. The van der Waals surface area contributed by atoms with Gasteiger partial charge in [-0.05, 0) is 38.5 Å². The van der Waals surface area contributed by atoms with Crippen molar-refractivity contribution in [1.82, 2.24) is 4.72 Å². The van der Waals surface area contributed by atoms with E-state index in [0.29, 0.717) is 18.8 Å². The zero-order chi connectivity index (χ0) is 15.9. The predicted molar refractivity (Wildman–Crippen MR) is 75.0 cm³/mol. The van der Waals surface area contributed by atoms with E-state index in [-0.39, 0.29) is 0 Å². The van der Waals surface area contributed by atoms with Crippen LogP contribution in [0.3, 0.4) is 0 Å². The van der Waals surface area contributed by atoms with Crippen molar-refractivity contribution < 1.29 is 22.1 Å². The molecule has 0 spiro atoms. The zero-order valence-electron chi connectivity index (χ0n) is 12.1. The van der Waals surface area contributed by atoms with Gasteiger partial charge in [0.2, 0.25) is 0 Å². The molecule has 118 valence electrons. The Kier molecular flexibility index (Phi) is 4.21. The second-order valence-corrected chi connectivity index (χ2v) is 8.10. The van der Waals surface area contributed by atoms with Gasteiger partial charge in [0.15, 0.2) is 0 Å². The summed E-state index contributed by atoms with van der Waals surface area (Å²) in [6.45, 7) is 6.07. The molecule has 1 unspecified atom stereocenters. The quantitative estimate of drug-likeness (QED) is 0.929. The molecule has 1 aromatic carbocycles. The van der Waals surface area contributed by atoms with Crippen LogP contribution in [0.5, 0.6) is 0 Å². The second-order valence-electron chi connectivity index (χ2n) is 6.13. The molecule has 0 aliphatic carbocycles. The van der Waals surface area contributed by atoms with Crippen LogP contribution >= 0.6 is 0 Å². The van der Waals surface area contributed by atoms with Crippen LogP contribution in [0.25, 0.3) is 0 Å². The first kappa shape index (κ1) is 16.5. The molecule has 0 aromatic heterocycles. The molecular formula is C14H18F3NO2S. The molecule has 21 heavy (non-hydrogen) atoms. The fourth-order valence-corrected chi connectivity index (χ4v) is 2.80. The predicted octanol–water partition coefficient (Wildman–Crippen LogP) is 2.98. The minimum absolute atomic E-state index is 0.292. The summed E-state index contributed by atoms with van der Waals surface area (Å²) in [5.41, 5.74) is -0.722. The van der Waals surface area contributed by atoms with Crippen molar-refractivity contribution in [2.24, 2.45) is 0 Å². The van der Waals surface area contributed by atoms with Gasteiger partial charge in [-0.25, -0.2) is 8.93 Å². The van der Waals surface area contributed by atoms with Crippen molar-refractivity contribution in [2.45, 2.75) is 37.2 Å². The Morgan fingerprint density at radius 1 is 1.14 bits per heavy atom. The molecule has 1 heterocycles. The van der Waals surface area contributed by atoms with Gasteiger partial charge in [0.05, 0.1) is 34.5 Å². The SMILES string of the molecule is CC(C)(C)S(=O)NC1(c2ccc(C(F)(F)F)cc2)COC1. The molecule has 0 bridgehead atoms. The lowest BCUT2D eigenvalue weighted by Crippen LogP contribution is -2.59. The van der Waals surface area contributed by atoms with Crippen molar-refractivity contribution >= 4 is 11.0 Å². The van der Waals surface area contributed by atoms with Crippen LogP contribution in [-0.4, -0.2) is 22.2 Å². The van der Waals surface area contributed by atoms with Gasteiger partial charge in [-0.2, -0.15) is 13.2 Å². The molecule has 1 fully saturated rings. The van der Waals surface area contributed by atoms with E-state index in [0.717, 1.165) is 12.1 Å². The molecule has 1 aliphatic rings. The Morgan fingerprint density at radius 2 is 1.67 bits per heavy atom. The van der Waals surface area contributed by atoms with E-state index in [9.17, 15) is 17.4 Å². The van der Waals surface area contributed by atoms with Gasteiger partial charge in [-0.15, -0.1) is 0 Å². The number of ether oxygens (including phenoxy) is 1. The summed E-state index contributed by atoms with van der Waals surface area (Å²) in [5, 5.41) is 0. The largest absolute Gasteiger partial charge is 0.416 e. The number of hydrogen-bond donors (Lipinski definition) is 1. The van der Waals surface area contributed by atoms with E-state index in [1.807, 2.05) is 20.8 Å². The minimum Gasteiger partial charge on any atom is -0.377 e. The first-order valence-corrected chi connectivity index (χ1v) is 7.65. The lowest BCUT2D eigenvalue weighted by atomic mass is 9.89. The third kappa shape index (κ3) is 3.46. The zero-order valence-corrected chi connectivity index (χ0v) is 12.9. The highest BCUT2D eigenvalue weighted by Gasteiger charge is 2.43. The Balaban J connectivity index is 2.23. The molecule has 7 heteroatoms. The van der Waals surface area contributed by atoms with Crippen LogP contribution in [0, 0.1) is 0 Å². The molecule has 0 radical (unpaired) electrons. The highest BCUT2D eigenvalue weighted by atomic mass is 32.2. The lowest BCUT2D eigenvalue weighted by molar-refractivity contribution is -0.137. The molecule has 1 atom stereocenters. The fourth-order valence-electron chi connectivity index (χ4n) is 1.90. The maximum atomic E-state index is 12.6. The highest BCUT2D eigenvalue weighted by Crippen LogP contribution is 2.34. The van der Waals surface area contributed by atoms with Crippen molar-refractivity contribution in [3.8, 4) is 0 Å². The molecule has 1 saturated heterocycles. The minimum atomic E-state index is -4.36. The standard InChI is InChI=1S/C14H18F3NO2S/c1-12(2,3)21(19)18-13(8-20-9-13)10-4-6-11(7-5-10)14(15,16)17/h4-7,18H,8-9H2,1-3H3. The molecule has 0 amide bonds. The van der Waals surface area contributed by atoms with Gasteiger partial charge in [0.25, 0.3) is 0 Å². The summed E-state index contributed by atoms with van der Waals surface area (Å²) < 4.78 is 57.7. The topological polar surface area (TPSA) is 38.3 Å². The Labute approximate surface area is 124 Å². The van der Waals surface area contributed by atoms with Crippen LogP contribution in [-0.2, 0) is 27.4 Å². The average Bonchev–Trinajstić information content (AvgIpc) is 2.31. The first-order chi connectivity index (χ1) is 9.55. The lowest BCUT2D eigenvalue weighted by Gasteiger charge is -2.43. The number of hydrogen-bond acceptors (Lipinski definition) is 2. The second kappa shape index (κ2) is 5.37. The third-order valence-corrected chi connectivity index (χ3v) is 4.99. The molecule has 1 aromatic rings. The fraction of sp³-hybridized carbons (Fsp3) is 0.571.